The fourth-order valence-corrected chi connectivity index (χ4v) is 2.82. The number of nitrogens with two attached hydrogens (primary N) is 1. The first kappa shape index (κ1) is 16.5. The minimum Gasteiger partial charge on any atom is -0.326 e. The molecule has 0 amide bonds. The van der Waals surface area contributed by atoms with Crippen molar-refractivity contribution in [1.82, 2.24) is 4.90 Å². The van der Waals surface area contributed by atoms with Crippen LogP contribution in [0.2, 0.25) is 5.02 Å². The molecule has 0 aromatic heterocycles. The third-order valence-electron chi connectivity index (χ3n) is 3.66. The Morgan fingerprint density at radius 2 is 1.63 bits per heavy atom. The van der Waals surface area contributed by atoms with Gasteiger partial charge in [-0.3, -0.25) is 4.90 Å². The van der Waals surface area contributed by atoms with Crippen LogP contribution in [0, 0.1) is 5.92 Å². The van der Waals surface area contributed by atoms with Crippen LogP contribution in [0.5, 0.6) is 0 Å². The largest absolute Gasteiger partial charge is 0.326 e. The van der Waals surface area contributed by atoms with Crippen LogP contribution in [0.3, 0.4) is 0 Å². The molecular formula is C16H27ClN2. The summed E-state index contributed by atoms with van der Waals surface area (Å²) < 4.78 is 0. The van der Waals surface area contributed by atoms with Crippen LogP contribution in [0.4, 0.5) is 0 Å². The van der Waals surface area contributed by atoms with Crippen molar-refractivity contribution >= 4 is 11.6 Å². The molecule has 1 rings (SSSR count). The molecule has 1 aromatic rings. The first-order valence-electron chi connectivity index (χ1n) is 7.06. The molecule has 2 N–H and O–H groups in total. The monoisotopic (exact) mass is 282 g/mol. The lowest BCUT2D eigenvalue weighted by Crippen LogP contribution is -2.42. The maximum Gasteiger partial charge on any atom is 0.0496 e. The molecule has 0 aliphatic heterocycles. The number of benzene rings is 1. The molecule has 0 bridgehead atoms. The minimum atomic E-state index is 0.0841. The second kappa shape index (κ2) is 7.28. The van der Waals surface area contributed by atoms with E-state index in [2.05, 4.69) is 51.8 Å². The van der Waals surface area contributed by atoms with Crippen LogP contribution < -0.4 is 5.73 Å². The summed E-state index contributed by atoms with van der Waals surface area (Å²) in [6, 6.07) is 8.85. The summed E-state index contributed by atoms with van der Waals surface area (Å²) in [6.07, 6.45) is 1.17. The van der Waals surface area contributed by atoms with E-state index in [1.165, 1.54) is 12.0 Å². The standard InChI is InChI=1S/C16H27ClN2/c1-11(2)10-12(3)19(5)16(13(4)18)14-6-8-15(17)9-7-14/h6-9,11-13,16H,10,18H2,1-5H3. The maximum atomic E-state index is 6.20. The average molecular weight is 283 g/mol. The lowest BCUT2D eigenvalue weighted by molar-refractivity contribution is 0.148. The number of hydrogen-bond acceptors (Lipinski definition) is 2. The summed E-state index contributed by atoms with van der Waals surface area (Å²) >= 11 is 5.96. The summed E-state index contributed by atoms with van der Waals surface area (Å²) in [7, 11) is 2.16. The van der Waals surface area contributed by atoms with Gasteiger partial charge in [0.15, 0.2) is 0 Å². The predicted octanol–water partition coefficient (Wildman–Crippen LogP) is 4.09. The van der Waals surface area contributed by atoms with Gasteiger partial charge in [-0.25, -0.2) is 0 Å². The van der Waals surface area contributed by atoms with Gasteiger partial charge in [0, 0.05) is 23.1 Å². The highest BCUT2D eigenvalue weighted by Crippen LogP contribution is 2.27. The molecule has 3 atom stereocenters. The fraction of sp³-hybridized carbons (Fsp3) is 0.625. The minimum absolute atomic E-state index is 0.0841. The van der Waals surface area contributed by atoms with Crippen molar-refractivity contribution in [3.05, 3.63) is 34.9 Å². The summed E-state index contributed by atoms with van der Waals surface area (Å²) in [6.45, 7) is 8.85. The molecule has 0 spiro atoms. The van der Waals surface area contributed by atoms with Gasteiger partial charge in [0.1, 0.15) is 0 Å². The van der Waals surface area contributed by atoms with Gasteiger partial charge in [-0.2, -0.15) is 0 Å². The molecular weight excluding hydrogens is 256 g/mol. The molecule has 2 nitrogen and oxygen atoms in total. The topological polar surface area (TPSA) is 29.3 Å². The zero-order valence-electron chi connectivity index (χ0n) is 12.7. The number of halogens is 1. The molecule has 0 fully saturated rings. The Hall–Kier alpha value is -0.570. The van der Waals surface area contributed by atoms with Crippen molar-refractivity contribution < 1.29 is 0 Å². The number of nitrogens with zero attached hydrogens (tertiary/aromatic N) is 1. The lowest BCUT2D eigenvalue weighted by atomic mass is 9.96. The smallest absolute Gasteiger partial charge is 0.0496 e. The van der Waals surface area contributed by atoms with Crippen LogP contribution in [0.25, 0.3) is 0 Å². The average Bonchev–Trinajstić information content (AvgIpc) is 2.30. The zero-order chi connectivity index (χ0) is 14.6. The SMILES string of the molecule is CC(C)CC(C)N(C)C(c1ccc(Cl)cc1)C(C)N. The van der Waals surface area contributed by atoms with Crippen LogP contribution in [0.15, 0.2) is 24.3 Å². The highest BCUT2D eigenvalue weighted by Gasteiger charge is 2.25. The van der Waals surface area contributed by atoms with Gasteiger partial charge in [0.05, 0.1) is 0 Å². The molecule has 0 radical (unpaired) electrons. The first-order valence-corrected chi connectivity index (χ1v) is 7.43. The third kappa shape index (κ3) is 4.79. The summed E-state index contributed by atoms with van der Waals surface area (Å²) in [5.74, 6) is 0.691. The van der Waals surface area contributed by atoms with Crippen LogP contribution in [-0.2, 0) is 0 Å². The van der Waals surface area contributed by atoms with Gasteiger partial charge in [0.2, 0.25) is 0 Å². The van der Waals surface area contributed by atoms with Crippen molar-refractivity contribution in [2.45, 2.75) is 52.2 Å². The molecule has 0 saturated heterocycles. The van der Waals surface area contributed by atoms with E-state index in [1.54, 1.807) is 0 Å². The Balaban J connectivity index is 2.91. The van der Waals surface area contributed by atoms with Gasteiger partial charge in [-0.15, -0.1) is 0 Å². The highest BCUT2D eigenvalue weighted by atomic mass is 35.5. The summed E-state index contributed by atoms with van der Waals surface area (Å²) in [4.78, 5) is 2.38. The second-order valence-electron chi connectivity index (χ2n) is 6.00. The Bertz CT molecular complexity index is 373. The van der Waals surface area contributed by atoms with Gasteiger partial charge in [-0.1, -0.05) is 37.6 Å². The van der Waals surface area contributed by atoms with E-state index in [-0.39, 0.29) is 12.1 Å². The van der Waals surface area contributed by atoms with Crippen LogP contribution in [-0.4, -0.2) is 24.0 Å². The van der Waals surface area contributed by atoms with Crippen LogP contribution >= 0.6 is 11.6 Å². The predicted molar refractivity (Wildman–Crippen MR) is 84.5 cm³/mol. The lowest BCUT2D eigenvalue weighted by Gasteiger charge is -2.36. The molecule has 108 valence electrons. The number of likely N-dealkylation sites (N-methyl/N-ethyl adjacent to an activating group) is 1. The van der Waals surface area contributed by atoms with E-state index in [9.17, 15) is 0 Å². The molecule has 0 heterocycles. The fourth-order valence-electron chi connectivity index (χ4n) is 2.69. The van der Waals surface area contributed by atoms with E-state index in [1.807, 2.05) is 12.1 Å². The number of rotatable bonds is 6. The molecule has 3 unspecified atom stereocenters. The Kier molecular flexibility index (Phi) is 6.31. The molecule has 0 aliphatic carbocycles. The quantitative estimate of drug-likeness (QED) is 0.851. The zero-order valence-corrected chi connectivity index (χ0v) is 13.5. The first-order chi connectivity index (χ1) is 8.82. The molecule has 0 saturated carbocycles. The van der Waals surface area contributed by atoms with Gasteiger partial charge < -0.3 is 5.73 Å². The van der Waals surface area contributed by atoms with E-state index in [0.29, 0.717) is 12.0 Å². The maximum absolute atomic E-state index is 6.20. The van der Waals surface area contributed by atoms with Crippen molar-refractivity contribution in [3.8, 4) is 0 Å². The van der Waals surface area contributed by atoms with Crippen molar-refractivity contribution in [2.75, 3.05) is 7.05 Å². The van der Waals surface area contributed by atoms with Gasteiger partial charge >= 0.3 is 0 Å². The molecule has 0 aliphatic rings. The van der Waals surface area contributed by atoms with Crippen molar-refractivity contribution in [3.63, 3.8) is 0 Å². The van der Waals surface area contributed by atoms with E-state index >= 15 is 0 Å². The summed E-state index contributed by atoms with van der Waals surface area (Å²) in [5, 5.41) is 0.769. The Morgan fingerprint density at radius 1 is 1.11 bits per heavy atom. The van der Waals surface area contributed by atoms with E-state index in [4.69, 9.17) is 17.3 Å². The van der Waals surface area contributed by atoms with Crippen molar-refractivity contribution in [1.29, 1.82) is 0 Å². The van der Waals surface area contributed by atoms with Gasteiger partial charge in [-0.05, 0) is 50.9 Å². The van der Waals surface area contributed by atoms with Gasteiger partial charge in [0.25, 0.3) is 0 Å². The normalized spacial score (nSPS) is 16.7. The highest BCUT2D eigenvalue weighted by molar-refractivity contribution is 6.30. The summed E-state index contributed by atoms with van der Waals surface area (Å²) in [5.41, 5.74) is 7.44. The second-order valence-corrected chi connectivity index (χ2v) is 6.44. The molecule has 1 aromatic carbocycles. The Labute approximate surface area is 122 Å². The number of hydrogen-bond donors (Lipinski definition) is 1. The molecule has 3 heteroatoms. The van der Waals surface area contributed by atoms with Crippen LogP contribution in [0.1, 0.15) is 45.7 Å². The van der Waals surface area contributed by atoms with E-state index < -0.39 is 0 Å². The van der Waals surface area contributed by atoms with Crippen molar-refractivity contribution in [2.24, 2.45) is 11.7 Å². The Morgan fingerprint density at radius 3 is 2.05 bits per heavy atom. The molecule has 19 heavy (non-hydrogen) atoms. The third-order valence-corrected chi connectivity index (χ3v) is 3.91. The van der Waals surface area contributed by atoms with E-state index in [0.717, 1.165) is 5.02 Å².